The lowest BCUT2D eigenvalue weighted by atomic mass is 10.0. The Bertz CT molecular complexity index is 1340. The molecule has 1 aliphatic rings. The maximum atomic E-state index is 13.2. The van der Waals surface area contributed by atoms with Gasteiger partial charge in [-0.15, -0.1) is 6.58 Å². The Morgan fingerprint density at radius 2 is 1.64 bits per heavy atom. The molecular formula is C30H28N2O4. The van der Waals surface area contributed by atoms with Crippen molar-refractivity contribution in [1.29, 1.82) is 0 Å². The van der Waals surface area contributed by atoms with Crippen LogP contribution >= 0.6 is 0 Å². The molecule has 0 spiro atoms. The van der Waals surface area contributed by atoms with E-state index in [4.69, 9.17) is 4.74 Å². The number of benzene rings is 3. The zero-order valence-corrected chi connectivity index (χ0v) is 20.4. The van der Waals surface area contributed by atoms with E-state index in [9.17, 15) is 14.4 Å². The van der Waals surface area contributed by atoms with Crippen molar-refractivity contribution in [2.45, 2.75) is 33.3 Å². The highest BCUT2D eigenvalue weighted by atomic mass is 16.5. The Morgan fingerprint density at radius 3 is 2.31 bits per heavy atom. The minimum absolute atomic E-state index is 0.118. The van der Waals surface area contributed by atoms with Crippen molar-refractivity contribution >= 4 is 29.6 Å². The molecule has 6 nitrogen and oxygen atoms in total. The van der Waals surface area contributed by atoms with Crippen LogP contribution < -0.4 is 15.0 Å². The second-order valence-electron chi connectivity index (χ2n) is 8.61. The molecule has 0 bridgehead atoms. The van der Waals surface area contributed by atoms with Gasteiger partial charge in [0.05, 0.1) is 5.69 Å². The summed E-state index contributed by atoms with van der Waals surface area (Å²) in [7, 11) is 0. The van der Waals surface area contributed by atoms with Crippen LogP contribution in [0.25, 0.3) is 6.08 Å². The average molecular weight is 481 g/mol. The van der Waals surface area contributed by atoms with Crippen LogP contribution in [-0.4, -0.2) is 17.8 Å². The summed E-state index contributed by atoms with van der Waals surface area (Å²) in [6.45, 7) is 8.30. The molecule has 0 saturated carbocycles. The normalized spacial score (nSPS) is 14.7. The molecule has 1 heterocycles. The van der Waals surface area contributed by atoms with E-state index in [1.54, 1.807) is 24.3 Å². The Hall–Kier alpha value is -4.45. The Labute approximate surface area is 210 Å². The minimum Gasteiger partial charge on any atom is -0.489 e. The first kappa shape index (κ1) is 24.7. The van der Waals surface area contributed by atoms with Gasteiger partial charge in [0.2, 0.25) is 0 Å². The fourth-order valence-corrected chi connectivity index (χ4v) is 3.93. The summed E-state index contributed by atoms with van der Waals surface area (Å²) < 4.78 is 6.04. The minimum atomic E-state index is -0.765. The number of amides is 4. The zero-order valence-electron chi connectivity index (χ0n) is 20.4. The van der Waals surface area contributed by atoms with Gasteiger partial charge in [-0.1, -0.05) is 61.0 Å². The number of barbiturate groups is 1. The van der Waals surface area contributed by atoms with E-state index in [2.05, 4.69) is 11.9 Å². The highest BCUT2D eigenvalue weighted by molar-refractivity contribution is 6.39. The summed E-state index contributed by atoms with van der Waals surface area (Å²) in [5.41, 5.74) is 5.12. The highest BCUT2D eigenvalue weighted by Crippen LogP contribution is 2.26. The van der Waals surface area contributed by atoms with Crippen LogP contribution in [0.4, 0.5) is 10.5 Å². The topological polar surface area (TPSA) is 75.7 Å². The summed E-state index contributed by atoms with van der Waals surface area (Å²) in [5, 5.41) is 2.27. The van der Waals surface area contributed by atoms with E-state index in [0.29, 0.717) is 30.0 Å². The van der Waals surface area contributed by atoms with Gasteiger partial charge in [-0.05, 0) is 72.4 Å². The molecule has 1 saturated heterocycles. The van der Waals surface area contributed by atoms with E-state index < -0.39 is 17.8 Å². The first-order valence-electron chi connectivity index (χ1n) is 11.8. The van der Waals surface area contributed by atoms with Crippen molar-refractivity contribution in [3.63, 3.8) is 0 Å². The molecule has 4 amide bonds. The lowest BCUT2D eigenvalue weighted by molar-refractivity contribution is -0.122. The fraction of sp³-hybridized carbons (Fsp3) is 0.167. The molecule has 1 aliphatic heterocycles. The largest absolute Gasteiger partial charge is 0.489 e. The van der Waals surface area contributed by atoms with Gasteiger partial charge in [0.15, 0.2) is 0 Å². The van der Waals surface area contributed by atoms with E-state index in [1.807, 2.05) is 62.4 Å². The Balaban J connectivity index is 1.60. The Morgan fingerprint density at radius 1 is 0.944 bits per heavy atom. The van der Waals surface area contributed by atoms with E-state index in [1.165, 1.54) is 11.6 Å². The third-order valence-electron chi connectivity index (χ3n) is 5.98. The molecule has 182 valence electrons. The number of nitrogens with zero attached hydrogens (tertiary/aromatic N) is 1. The number of rotatable bonds is 8. The highest BCUT2D eigenvalue weighted by Gasteiger charge is 2.36. The predicted molar refractivity (Wildman–Crippen MR) is 141 cm³/mol. The van der Waals surface area contributed by atoms with Gasteiger partial charge in [0.1, 0.15) is 17.9 Å². The SMILES string of the molecule is C=CCc1cc(/C=C2/C(=O)NC(=O)N(c3ccc(CC)cc3)C2=O)ccc1OCc1ccc(C)cc1. The molecule has 1 fully saturated rings. The first-order valence-corrected chi connectivity index (χ1v) is 11.8. The second kappa shape index (κ2) is 10.9. The number of nitrogens with one attached hydrogen (secondary N) is 1. The molecule has 0 atom stereocenters. The number of aryl methyl sites for hydroxylation is 2. The van der Waals surface area contributed by atoms with Crippen LogP contribution in [0.2, 0.25) is 0 Å². The van der Waals surface area contributed by atoms with Crippen molar-refractivity contribution in [1.82, 2.24) is 5.32 Å². The van der Waals surface area contributed by atoms with Gasteiger partial charge in [-0.2, -0.15) is 0 Å². The molecule has 6 heteroatoms. The van der Waals surface area contributed by atoms with E-state index >= 15 is 0 Å². The number of ether oxygens (including phenoxy) is 1. The van der Waals surface area contributed by atoms with Crippen LogP contribution in [-0.2, 0) is 29.0 Å². The van der Waals surface area contributed by atoms with Crippen molar-refractivity contribution in [3.05, 3.63) is 113 Å². The van der Waals surface area contributed by atoms with Gasteiger partial charge in [-0.3, -0.25) is 14.9 Å². The molecular weight excluding hydrogens is 452 g/mol. The fourth-order valence-electron chi connectivity index (χ4n) is 3.93. The van der Waals surface area contributed by atoms with Gasteiger partial charge in [0, 0.05) is 0 Å². The molecule has 3 aromatic rings. The summed E-state index contributed by atoms with van der Waals surface area (Å²) >= 11 is 0. The van der Waals surface area contributed by atoms with Crippen molar-refractivity contribution in [3.8, 4) is 5.75 Å². The average Bonchev–Trinajstić information content (AvgIpc) is 2.87. The smallest absolute Gasteiger partial charge is 0.335 e. The van der Waals surface area contributed by atoms with Gasteiger partial charge < -0.3 is 4.74 Å². The zero-order chi connectivity index (χ0) is 25.7. The number of allylic oxidation sites excluding steroid dienone is 1. The summed E-state index contributed by atoms with van der Waals surface area (Å²) in [4.78, 5) is 39.2. The molecule has 3 aromatic carbocycles. The van der Waals surface area contributed by atoms with Crippen LogP contribution in [0.15, 0.2) is 85.0 Å². The lowest BCUT2D eigenvalue weighted by Crippen LogP contribution is -2.54. The molecule has 1 N–H and O–H groups in total. The number of carbonyl (C=O) groups is 3. The summed E-state index contributed by atoms with van der Waals surface area (Å²) in [5.74, 6) is -0.695. The van der Waals surface area contributed by atoms with Crippen LogP contribution in [0.1, 0.15) is 34.7 Å². The second-order valence-corrected chi connectivity index (χ2v) is 8.61. The van der Waals surface area contributed by atoms with E-state index in [-0.39, 0.29) is 5.57 Å². The number of carbonyl (C=O) groups excluding carboxylic acids is 3. The van der Waals surface area contributed by atoms with Crippen LogP contribution in [0.3, 0.4) is 0 Å². The molecule has 0 unspecified atom stereocenters. The predicted octanol–water partition coefficient (Wildman–Crippen LogP) is 5.53. The number of urea groups is 1. The quantitative estimate of drug-likeness (QED) is 0.261. The molecule has 36 heavy (non-hydrogen) atoms. The van der Waals surface area contributed by atoms with Crippen molar-refractivity contribution in [2.24, 2.45) is 0 Å². The van der Waals surface area contributed by atoms with Gasteiger partial charge >= 0.3 is 6.03 Å². The third-order valence-corrected chi connectivity index (χ3v) is 5.98. The molecule has 4 rings (SSSR count). The van der Waals surface area contributed by atoms with Gasteiger partial charge in [0.25, 0.3) is 11.8 Å². The standard InChI is InChI=1S/C30H28N2O4/c1-4-6-24-17-23(13-16-27(24)36-19-22-9-7-20(3)8-10-22)18-26-28(33)31-30(35)32(29(26)34)25-14-11-21(5-2)12-15-25/h4,7-18H,1,5-6,19H2,2-3H3,(H,31,33,35)/b26-18-. The van der Waals surface area contributed by atoms with Crippen molar-refractivity contribution < 1.29 is 19.1 Å². The number of anilines is 1. The van der Waals surface area contributed by atoms with Gasteiger partial charge in [-0.25, -0.2) is 9.69 Å². The number of hydrogen-bond donors (Lipinski definition) is 1. The number of imide groups is 2. The third kappa shape index (κ3) is 5.44. The molecule has 0 aromatic heterocycles. The summed E-state index contributed by atoms with van der Waals surface area (Å²) in [6.07, 6.45) is 4.65. The van der Waals surface area contributed by atoms with E-state index in [0.717, 1.165) is 28.0 Å². The lowest BCUT2D eigenvalue weighted by Gasteiger charge is -2.26. The van der Waals surface area contributed by atoms with Crippen LogP contribution in [0, 0.1) is 6.92 Å². The molecule has 0 radical (unpaired) electrons. The number of hydrogen-bond acceptors (Lipinski definition) is 4. The molecule has 0 aliphatic carbocycles. The maximum Gasteiger partial charge on any atom is 0.335 e. The van der Waals surface area contributed by atoms with Crippen LogP contribution in [0.5, 0.6) is 5.75 Å². The first-order chi connectivity index (χ1) is 17.4. The monoisotopic (exact) mass is 480 g/mol. The van der Waals surface area contributed by atoms with Crippen molar-refractivity contribution in [2.75, 3.05) is 4.90 Å². The summed E-state index contributed by atoms with van der Waals surface area (Å²) in [6, 6.07) is 19.9. The maximum absolute atomic E-state index is 13.2. The Kier molecular flexibility index (Phi) is 7.44.